The van der Waals surface area contributed by atoms with E-state index >= 15 is 0 Å². The van der Waals surface area contributed by atoms with E-state index in [9.17, 15) is 9.18 Å². The molecule has 1 aliphatic heterocycles. The first-order valence-corrected chi connectivity index (χ1v) is 8.01. The number of amides is 1. The fraction of sp³-hybridized carbons (Fsp3) is 0.267. The Labute approximate surface area is 134 Å². The van der Waals surface area contributed by atoms with Crippen molar-refractivity contribution in [1.29, 1.82) is 0 Å². The predicted octanol–water partition coefficient (Wildman–Crippen LogP) is 4.20. The molecule has 109 valence electrons. The first-order valence-electron chi connectivity index (χ1n) is 6.33. The highest BCUT2D eigenvalue weighted by Gasteiger charge is 2.37. The quantitative estimate of drug-likeness (QED) is 0.782. The average molecular weight is 369 g/mol. The molecule has 0 bridgehead atoms. The number of thiophene rings is 1. The summed E-state index contributed by atoms with van der Waals surface area (Å²) in [4.78, 5) is 14.2. The van der Waals surface area contributed by atoms with Gasteiger partial charge in [-0.25, -0.2) is 4.39 Å². The van der Waals surface area contributed by atoms with Crippen molar-refractivity contribution in [3.63, 3.8) is 0 Å². The van der Waals surface area contributed by atoms with Gasteiger partial charge in [0.25, 0.3) is 5.91 Å². The molecule has 0 fully saturated rings. The maximum Gasteiger partial charge on any atom is 0.259 e. The summed E-state index contributed by atoms with van der Waals surface area (Å²) in [6.45, 7) is 1.81. The molecular weight excluding hydrogens is 357 g/mol. The second-order valence-electron chi connectivity index (χ2n) is 4.82. The van der Waals surface area contributed by atoms with E-state index < -0.39 is 0 Å². The summed E-state index contributed by atoms with van der Waals surface area (Å²) in [7, 11) is 1.43. The van der Waals surface area contributed by atoms with Crippen LogP contribution in [-0.2, 0) is 4.74 Å². The first kappa shape index (κ1) is 14.5. The minimum atomic E-state index is -0.341. The van der Waals surface area contributed by atoms with Crippen molar-refractivity contribution in [2.24, 2.45) is 0 Å². The molecule has 1 aromatic rings. The average Bonchev–Trinajstić information content (AvgIpc) is 3.00. The highest BCUT2D eigenvalue weighted by Crippen LogP contribution is 2.37. The van der Waals surface area contributed by atoms with E-state index in [0.29, 0.717) is 11.3 Å². The lowest BCUT2D eigenvalue weighted by Crippen LogP contribution is -2.37. The molecule has 0 N–H and O–H groups in total. The minimum Gasteiger partial charge on any atom is -0.494 e. The summed E-state index contributed by atoms with van der Waals surface area (Å²) < 4.78 is 19.9. The van der Waals surface area contributed by atoms with Crippen LogP contribution >= 0.6 is 27.3 Å². The standard InChI is InChI=1S/C15H12BrFNO2S/c1-8-3-9-4-13(20-2)11(17)6-12(9)18(8)15(19)10-5-14(16)21-7-10/h4-5,7,12H,6H2,1-2H3. The van der Waals surface area contributed by atoms with Gasteiger partial charge in [-0.3, -0.25) is 4.79 Å². The molecule has 1 aliphatic carbocycles. The van der Waals surface area contributed by atoms with Crippen LogP contribution in [0.2, 0.25) is 0 Å². The van der Waals surface area contributed by atoms with Gasteiger partial charge in [0.2, 0.25) is 0 Å². The van der Waals surface area contributed by atoms with Crippen molar-refractivity contribution in [2.45, 2.75) is 19.4 Å². The molecule has 21 heavy (non-hydrogen) atoms. The third-order valence-corrected chi connectivity index (χ3v) is 5.04. The number of ether oxygens (including phenoxy) is 1. The summed E-state index contributed by atoms with van der Waals surface area (Å²) in [5, 5.41) is 1.79. The van der Waals surface area contributed by atoms with Gasteiger partial charge in [-0.1, -0.05) is 0 Å². The van der Waals surface area contributed by atoms with E-state index in [1.807, 2.05) is 6.92 Å². The van der Waals surface area contributed by atoms with Gasteiger partial charge in [0.1, 0.15) is 5.83 Å². The first-order chi connectivity index (χ1) is 10.0. The van der Waals surface area contributed by atoms with Crippen LogP contribution in [0.5, 0.6) is 0 Å². The van der Waals surface area contributed by atoms with E-state index in [1.54, 1.807) is 22.4 Å². The van der Waals surface area contributed by atoms with Crippen LogP contribution in [0, 0.1) is 6.08 Å². The highest BCUT2D eigenvalue weighted by atomic mass is 79.9. The van der Waals surface area contributed by atoms with Gasteiger partial charge in [-0.15, -0.1) is 11.3 Å². The van der Waals surface area contributed by atoms with Crippen LogP contribution in [-0.4, -0.2) is 24.0 Å². The number of hydrogen-bond acceptors (Lipinski definition) is 3. The smallest absolute Gasteiger partial charge is 0.259 e. The predicted molar refractivity (Wildman–Crippen MR) is 82.2 cm³/mol. The van der Waals surface area contributed by atoms with Gasteiger partial charge in [0.15, 0.2) is 5.76 Å². The molecule has 3 rings (SSSR count). The largest absolute Gasteiger partial charge is 0.494 e. The zero-order valence-corrected chi connectivity index (χ0v) is 13.8. The summed E-state index contributed by atoms with van der Waals surface area (Å²) in [5.74, 6) is -0.259. The molecule has 0 spiro atoms. The fourth-order valence-electron chi connectivity index (χ4n) is 2.57. The van der Waals surface area contributed by atoms with Crippen LogP contribution in [0.4, 0.5) is 4.39 Å². The number of carbonyl (C=O) groups excluding carboxylic acids is 1. The lowest BCUT2D eigenvalue weighted by atomic mass is 9.98. The van der Waals surface area contributed by atoms with Crippen molar-refractivity contribution in [2.75, 3.05) is 7.11 Å². The van der Waals surface area contributed by atoms with Crippen LogP contribution < -0.4 is 0 Å². The maximum absolute atomic E-state index is 14.0. The van der Waals surface area contributed by atoms with Crippen LogP contribution in [0.3, 0.4) is 0 Å². The van der Waals surface area contributed by atoms with E-state index in [-0.39, 0.29) is 30.0 Å². The molecular formula is C15H12BrFNO2S. The van der Waals surface area contributed by atoms with Crippen molar-refractivity contribution in [3.05, 3.63) is 55.8 Å². The van der Waals surface area contributed by atoms with Gasteiger partial charge in [0.05, 0.1) is 22.5 Å². The van der Waals surface area contributed by atoms with Crippen molar-refractivity contribution < 1.29 is 13.9 Å². The van der Waals surface area contributed by atoms with E-state index in [1.165, 1.54) is 18.4 Å². The van der Waals surface area contributed by atoms with Gasteiger partial charge in [-0.2, -0.15) is 0 Å². The van der Waals surface area contributed by atoms with Crippen molar-refractivity contribution in [3.8, 4) is 0 Å². The third-order valence-electron chi connectivity index (χ3n) is 3.54. The maximum atomic E-state index is 14.0. The monoisotopic (exact) mass is 368 g/mol. The lowest BCUT2D eigenvalue weighted by molar-refractivity contribution is 0.0775. The second kappa shape index (κ2) is 5.42. The Bertz CT molecular complexity index is 704. The van der Waals surface area contributed by atoms with Gasteiger partial charge < -0.3 is 9.64 Å². The highest BCUT2D eigenvalue weighted by molar-refractivity contribution is 9.11. The number of carbonyl (C=O) groups is 1. The zero-order chi connectivity index (χ0) is 15.1. The summed E-state index contributed by atoms with van der Waals surface area (Å²) in [5.41, 5.74) is 2.08. The number of allylic oxidation sites excluding steroid dienone is 2. The van der Waals surface area contributed by atoms with Crippen LogP contribution in [0.15, 0.2) is 44.2 Å². The molecule has 6 heteroatoms. The summed E-state index contributed by atoms with van der Waals surface area (Å²) in [6.07, 6.45) is 4.88. The molecule has 0 saturated heterocycles. The van der Waals surface area contributed by atoms with Gasteiger partial charge >= 0.3 is 0 Å². The van der Waals surface area contributed by atoms with Crippen LogP contribution in [0.25, 0.3) is 0 Å². The number of nitrogens with zero attached hydrogens (tertiary/aromatic N) is 1. The topological polar surface area (TPSA) is 29.5 Å². The minimum absolute atomic E-state index is 0.121. The van der Waals surface area contributed by atoms with Crippen molar-refractivity contribution in [1.82, 2.24) is 4.90 Å². The SMILES string of the molecule is COC1=C(F)CC2C(=C1)[C]=C(C)N2C(=O)c1csc(Br)c1. The number of methoxy groups -OCH3 is 1. The number of rotatable bonds is 2. The molecule has 2 aliphatic rings. The number of hydrogen-bond donors (Lipinski definition) is 0. The van der Waals surface area contributed by atoms with E-state index in [2.05, 4.69) is 22.0 Å². The molecule has 2 heterocycles. The zero-order valence-electron chi connectivity index (χ0n) is 11.4. The van der Waals surface area contributed by atoms with Gasteiger partial charge in [-0.05, 0) is 40.6 Å². The Morgan fingerprint density at radius 3 is 3.00 bits per heavy atom. The lowest BCUT2D eigenvalue weighted by Gasteiger charge is -2.28. The Morgan fingerprint density at radius 1 is 1.62 bits per heavy atom. The third kappa shape index (κ3) is 2.46. The Morgan fingerprint density at radius 2 is 2.38 bits per heavy atom. The van der Waals surface area contributed by atoms with Crippen LogP contribution in [0.1, 0.15) is 23.7 Å². The van der Waals surface area contributed by atoms with Crippen molar-refractivity contribution >= 4 is 33.2 Å². The molecule has 1 unspecified atom stereocenters. The normalized spacial score (nSPS) is 21.1. The van der Waals surface area contributed by atoms with E-state index in [4.69, 9.17) is 4.74 Å². The fourth-order valence-corrected chi connectivity index (χ4v) is 3.70. The second-order valence-corrected chi connectivity index (χ2v) is 7.11. The van der Waals surface area contributed by atoms with Gasteiger partial charge in [0, 0.05) is 23.6 Å². The molecule has 3 nitrogen and oxygen atoms in total. The molecule has 1 radical (unpaired) electrons. The Hall–Kier alpha value is -1.40. The molecule has 1 aromatic heterocycles. The van der Waals surface area contributed by atoms with E-state index in [0.717, 1.165) is 9.36 Å². The Balaban J connectivity index is 1.93. The number of fused-ring (bicyclic) bond motifs is 1. The molecule has 0 aromatic carbocycles. The summed E-state index contributed by atoms with van der Waals surface area (Å²) >= 11 is 4.80. The molecule has 0 saturated carbocycles. The molecule has 1 atom stereocenters. The number of halogens is 2. The molecule has 1 amide bonds. The Kier molecular flexibility index (Phi) is 3.75. The summed E-state index contributed by atoms with van der Waals surface area (Å²) in [6, 6.07) is 1.44.